The van der Waals surface area contributed by atoms with Crippen molar-refractivity contribution >= 4 is 5.91 Å². The second kappa shape index (κ2) is 6.73. The topological polar surface area (TPSA) is 62.5 Å². The fourth-order valence-corrected chi connectivity index (χ4v) is 3.73. The van der Waals surface area contributed by atoms with Crippen LogP contribution in [0.25, 0.3) is 11.4 Å². The van der Waals surface area contributed by atoms with Gasteiger partial charge in [0.05, 0.1) is 12.2 Å². The molecule has 6 nitrogen and oxygen atoms in total. The van der Waals surface area contributed by atoms with Gasteiger partial charge in [-0.25, -0.2) is 0 Å². The van der Waals surface area contributed by atoms with Crippen LogP contribution in [0.3, 0.4) is 0 Å². The first-order valence-corrected chi connectivity index (χ1v) is 8.68. The number of rotatable bonds is 4. The summed E-state index contributed by atoms with van der Waals surface area (Å²) < 4.78 is 5.49. The van der Waals surface area contributed by atoms with Gasteiger partial charge in [-0.05, 0) is 37.9 Å². The first-order chi connectivity index (χ1) is 11.8. The Hall–Kier alpha value is -2.21. The van der Waals surface area contributed by atoms with Crippen LogP contribution in [-0.2, 0) is 11.3 Å². The van der Waals surface area contributed by atoms with Crippen molar-refractivity contribution in [2.24, 2.45) is 0 Å². The summed E-state index contributed by atoms with van der Waals surface area (Å²) in [5.74, 6) is 1.17. The van der Waals surface area contributed by atoms with Crippen molar-refractivity contribution in [3.63, 3.8) is 0 Å². The molecular weight excluding hydrogens is 304 g/mol. The van der Waals surface area contributed by atoms with E-state index in [0.29, 0.717) is 18.4 Å². The minimum absolute atomic E-state index is 0.318. The van der Waals surface area contributed by atoms with Crippen LogP contribution in [0.1, 0.15) is 31.4 Å². The lowest BCUT2D eigenvalue weighted by Gasteiger charge is -2.37. The lowest BCUT2D eigenvalue weighted by Crippen LogP contribution is -2.48. The lowest BCUT2D eigenvalue weighted by molar-refractivity contribution is -0.130. The molecule has 0 N–H and O–H groups in total. The van der Waals surface area contributed by atoms with Gasteiger partial charge in [0, 0.05) is 37.8 Å². The Labute approximate surface area is 141 Å². The smallest absolute Gasteiger partial charge is 0.222 e. The molecule has 0 unspecified atom stereocenters. The van der Waals surface area contributed by atoms with E-state index in [1.807, 2.05) is 24.3 Å². The van der Waals surface area contributed by atoms with Crippen molar-refractivity contribution in [2.75, 3.05) is 19.6 Å². The molecule has 4 rings (SSSR count). The number of carbonyl (C=O) groups is 1. The van der Waals surface area contributed by atoms with Gasteiger partial charge < -0.3 is 9.42 Å². The summed E-state index contributed by atoms with van der Waals surface area (Å²) in [7, 11) is 0. The molecule has 1 amide bonds. The molecule has 1 atom stereocenters. The summed E-state index contributed by atoms with van der Waals surface area (Å²) in [4.78, 5) is 20.7. The van der Waals surface area contributed by atoms with Crippen LogP contribution < -0.4 is 0 Å². The van der Waals surface area contributed by atoms with Crippen molar-refractivity contribution in [3.8, 4) is 11.4 Å². The number of piperidine rings is 1. The zero-order chi connectivity index (χ0) is 16.4. The van der Waals surface area contributed by atoms with Crippen LogP contribution in [-0.4, -0.2) is 51.5 Å². The Balaban J connectivity index is 1.40. The largest absolute Gasteiger partial charge is 0.359 e. The van der Waals surface area contributed by atoms with Gasteiger partial charge >= 0.3 is 0 Å². The fourth-order valence-electron chi connectivity index (χ4n) is 3.73. The van der Waals surface area contributed by atoms with Crippen molar-refractivity contribution in [1.82, 2.24) is 19.9 Å². The average Bonchev–Trinajstić information content (AvgIpc) is 3.25. The number of hydrogen-bond acceptors (Lipinski definition) is 5. The second-order valence-corrected chi connectivity index (χ2v) is 6.62. The van der Waals surface area contributed by atoms with Crippen LogP contribution in [0.4, 0.5) is 0 Å². The summed E-state index contributed by atoms with van der Waals surface area (Å²) in [6.07, 6.45) is 5.70. The number of amides is 1. The Bertz CT molecular complexity index is 700. The Morgan fingerprint density at radius 2 is 2.17 bits per heavy atom. The summed E-state index contributed by atoms with van der Waals surface area (Å²) in [6, 6.07) is 8.08. The molecule has 6 heteroatoms. The number of aromatic nitrogens is 2. The minimum Gasteiger partial charge on any atom is -0.359 e. The Morgan fingerprint density at radius 1 is 1.21 bits per heavy atom. The number of likely N-dealkylation sites (tertiary alicyclic amines) is 2. The molecule has 2 aromatic rings. The van der Waals surface area contributed by atoms with Crippen LogP contribution in [0.15, 0.2) is 35.0 Å². The van der Waals surface area contributed by atoms with E-state index in [0.717, 1.165) is 62.6 Å². The molecule has 2 fully saturated rings. The number of carbonyl (C=O) groups excluding carboxylic acids is 1. The molecule has 0 aliphatic carbocycles. The zero-order valence-electron chi connectivity index (χ0n) is 13.7. The van der Waals surface area contributed by atoms with E-state index in [-0.39, 0.29) is 0 Å². The highest BCUT2D eigenvalue weighted by Crippen LogP contribution is 2.23. The number of pyridine rings is 1. The molecule has 24 heavy (non-hydrogen) atoms. The SMILES string of the molecule is O=C1CCCN1[C@H]1CCCN(Cc2cc(-c3ccccn3)no2)C1. The first-order valence-electron chi connectivity index (χ1n) is 8.68. The van der Waals surface area contributed by atoms with Crippen LogP contribution in [0.2, 0.25) is 0 Å². The lowest BCUT2D eigenvalue weighted by atomic mass is 10.0. The molecule has 0 bridgehead atoms. The molecule has 2 aliphatic heterocycles. The second-order valence-electron chi connectivity index (χ2n) is 6.62. The van der Waals surface area contributed by atoms with E-state index in [9.17, 15) is 4.79 Å². The quantitative estimate of drug-likeness (QED) is 0.863. The maximum atomic E-state index is 12.0. The van der Waals surface area contributed by atoms with Gasteiger partial charge in [-0.2, -0.15) is 0 Å². The molecule has 2 saturated heterocycles. The Kier molecular flexibility index (Phi) is 4.30. The number of hydrogen-bond donors (Lipinski definition) is 0. The van der Waals surface area contributed by atoms with Gasteiger partial charge in [-0.3, -0.25) is 14.7 Å². The van der Waals surface area contributed by atoms with Gasteiger partial charge in [0.15, 0.2) is 5.76 Å². The minimum atomic E-state index is 0.318. The maximum Gasteiger partial charge on any atom is 0.222 e. The van der Waals surface area contributed by atoms with Gasteiger partial charge in [0.2, 0.25) is 5.91 Å². The molecule has 4 heterocycles. The third kappa shape index (κ3) is 3.19. The monoisotopic (exact) mass is 326 g/mol. The highest BCUT2D eigenvalue weighted by molar-refractivity contribution is 5.78. The third-order valence-corrected chi connectivity index (χ3v) is 4.90. The van der Waals surface area contributed by atoms with Gasteiger partial charge in [-0.1, -0.05) is 11.2 Å². The molecule has 2 aromatic heterocycles. The maximum absolute atomic E-state index is 12.0. The predicted molar refractivity (Wildman–Crippen MR) is 89.0 cm³/mol. The standard InChI is InChI=1S/C18H22N4O2/c23-18-7-4-10-22(18)14-5-3-9-21(12-14)13-15-11-17(20-24-15)16-6-1-2-8-19-16/h1-2,6,8,11,14H,3-5,7,9-10,12-13H2/t14-/m0/s1. The van der Waals surface area contributed by atoms with Crippen LogP contribution in [0, 0.1) is 0 Å². The molecular formula is C18H22N4O2. The summed E-state index contributed by atoms with van der Waals surface area (Å²) in [5.41, 5.74) is 1.60. The highest BCUT2D eigenvalue weighted by Gasteiger charge is 2.31. The van der Waals surface area contributed by atoms with Crippen molar-refractivity contribution in [2.45, 2.75) is 38.3 Å². The van der Waals surface area contributed by atoms with Crippen molar-refractivity contribution < 1.29 is 9.32 Å². The van der Waals surface area contributed by atoms with E-state index < -0.39 is 0 Å². The Morgan fingerprint density at radius 3 is 2.96 bits per heavy atom. The van der Waals surface area contributed by atoms with Crippen molar-refractivity contribution in [1.29, 1.82) is 0 Å². The van der Waals surface area contributed by atoms with Crippen LogP contribution in [0.5, 0.6) is 0 Å². The predicted octanol–water partition coefficient (Wildman–Crippen LogP) is 2.32. The summed E-state index contributed by atoms with van der Waals surface area (Å²) >= 11 is 0. The van der Waals surface area contributed by atoms with E-state index in [2.05, 4.69) is 19.9 Å². The van der Waals surface area contributed by atoms with E-state index in [4.69, 9.17) is 4.52 Å². The molecule has 0 radical (unpaired) electrons. The third-order valence-electron chi connectivity index (χ3n) is 4.90. The van der Waals surface area contributed by atoms with Gasteiger partial charge in [0.1, 0.15) is 5.69 Å². The van der Waals surface area contributed by atoms with Gasteiger partial charge in [0.25, 0.3) is 0 Å². The molecule has 2 aliphatic rings. The normalized spacial score (nSPS) is 22.2. The van der Waals surface area contributed by atoms with Gasteiger partial charge in [-0.15, -0.1) is 0 Å². The average molecular weight is 326 g/mol. The summed E-state index contributed by atoms with van der Waals surface area (Å²) in [6.45, 7) is 3.62. The van der Waals surface area contributed by atoms with Crippen molar-refractivity contribution in [3.05, 3.63) is 36.2 Å². The first kappa shape index (κ1) is 15.3. The van der Waals surface area contributed by atoms with E-state index in [1.165, 1.54) is 0 Å². The fraction of sp³-hybridized carbons (Fsp3) is 0.500. The summed E-state index contributed by atoms with van der Waals surface area (Å²) in [5, 5.41) is 4.13. The molecule has 126 valence electrons. The molecule has 0 spiro atoms. The molecule has 0 saturated carbocycles. The highest BCUT2D eigenvalue weighted by atomic mass is 16.5. The van der Waals surface area contributed by atoms with E-state index >= 15 is 0 Å². The van der Waals surface area contributed by atoms with E-state index in [1.54, 1.807) is 6.20 Å². The van der Waals surface area contributed by atoms with Crippen LogP contribution >= 0.6 is 0 Å². The number of nitrogens with zero attached hydrogens (tertiary/aromatic N) is 4. The molecule has 0 aromatic carbocycles. The zero-order valence-corrected chi connectivity index (χ0v) is 13.7.